The molecule has 2 saturated heterocycles. The third-order valence-corrected chi connectivity index (χ3v) is 2.82. The molecule has 4 nitrogen and oxygen atoms in total. The molecule has 2 rings (SSSR count). The number of rotatable bonds is 0. The van der Waals surface area contributed by atoms with Crippen LogP contribution in [0.3, 0.4) is 0 Å². The van der Waals surface area contributed by atoms with E-state index in [9.17, 15) is 9.59 Å². The summed E-state index contributed by atoms with van der Waals surface area (Å²) in [7, 11) is 0. The van der Waals surface area contributed by atoms with E-state index in [1.54, 1.807) is 0 Å². The monoisotopic (exact) mass is 184 g/mol. The summed E-state index contributed by atoms with van der Waals surface area (Å²) in [6.45, 7) is 1.31. The number of ether oxygens (including phenoxy) is 2. The van der Waals surface area contributed by atoms with E-state index in [-0.39, 0.29) is 17.4 Å². The van der Waals surface area contributed by atoms with E-state index in [2.05, 4.69) is 4.74 Å². The standard InChI is InChI=1S/C9H12O4/c10-7-5-9(6-8(11)13-7)1-3-12-4-2-9/h1-6H2. The van der Waals surface area contributed by atoms with Gasteiger partial charge in [0.1, 0.15) is 0 Å². The summed E-state index contributed by atoms with van der Waals surface area (Å²) in [5.41, 5.74) is -0.148. The highest BCUT2D eigenvalue weighted by Gasteiger charge is 2.42. The van der Waals surface area contributed by atoms with Crippen molar-refractivity contribution >= 4 is 11.9 Å². The Morgan fingerprint density at radius 3 is 2.08 bits per heavy atom. The minimum Gasteiger partial charge on any atom is -0.393 e. The highest BCUT2D eigenvalue weighted by molar-refractivity contribution is 5.89. The molecule has 2 aliphatic rings. The van der Waals surface area contributed by atoms with Crippen molar-refractivity contribution in [3.8, 4) is 0 Å². The van der Waals surface area contributed by atoms with Gasteiger partial charge in [-0.1, -0.05) is 0 Å². The Hall–Kier alpha value is -0.900. The summed E-state index contributed by atoms with van der Waals surface area (Å²) < 4.78 is 9.70. The molecule has 0 aromatic rings. The lowest BCUT2D eigenvalue weighted by molar-refractivity contribution is -0.172. The van der Waals surface area contributed by atoms with Crippen molar-refractivity contribution in [3.05, 3.63) is 0 Å². The highest BCUT2D eigenvalue weighted by Crippen LogP contribution is 2.40. The Morgan fingerprint density at radius 2 is 1.54 bits per heavy atom. The number of hydrogen-bond donors (Lipinski definition) is 0. The van der Waals surface area contributed by atoms with Gasteiger partial charge in [0.15, 0.2) is 0 Å². The zero-order valence-corrected chi connectivity index (χ0v) is 7.38. The molecule has 0 aromatic heterocycles. The number of carbonyl (C=O) groups excluding carboxylic acids is 2. The van der Waals surface area contributed by atoms with Crippen LogP contribution in [0.5, 0.6) is 0 Å². The van der Waals surface area contributed by atoms with E-state index in [0.29, 0.717) is 26.1 Å². The molecule has 2 fully saturated rings. The zero-order chi connectivity index (χ0) is 9.31. The average molecular weight is 184 g/mol. The third-order valence-electron chi connectivity index (χ3n) is 2.82. The smallest absolute Gasteiger partial charge is 0.314 e. The SMILES string of the molecule is O=C1CC2(CCOCC2)CC(=O)O1. The predicted molar refractivity (Wildman–Crippen MR) is 42.8 cm³/mol. The van der Waals surface area contributed by atoms with Crippen molar-refractivity contribution in [2.45, 2.75) is 25.7 Å². The lowest BCUT2D eigenvalue weighted by Gasteiger charge is -2.37. The minimum absolute atomic E-state index is 0.148. The van der Waals surface area contributed by atoms with E-state index in [0.717, 1.165) is 12.8 Å². The molecule has 1 spiro atoms. The average Bonchev–Trinajstić information content (AvgIpc) is 2.02. The van der Waals surface area contributed by atoms with Gasteiger partial charge in [-0.05, 0) is 18.3 Å². The topological polar surface area (TPSA) is 52.6 Å². The van der Waals surface area contributed by atoms with Crippen LogP contribution in [-0.2, 0) is 19.1 Å². The molecule has 0 aliphatic carbocycles. The largest absolute Gasteiger partial charge is 0.393 e. The zero-order valence-electron chi connectivity index (χ0n) is 7.38. The third kappa shape index (κ3) is 1.72. The fraction of sp³-hybridized carbons (Fsp3) is 0.778. The molecule has 4 heteroatoms. The van der Waals surface area contributed by atoms with Crippen molar-refractivity contribution in [2.24, 2.45) is 5.41 Å². The molecule has 2 aliphatic heterocycles. The van der Waals surface area contributed by atoms with Crippen LogP contribution in [-0.4, -0.2) is 25.2 Å². The van der Waals surface area contributed by atoms with Crippen LogP contribution in [0.4, 0.5) is 0 Å². The van der Waals surface area contributed by atoms with Gasteiger partial charge in [-0.2, -0.15) is 0 Å². The summed E-state index contributed by atoms with van der Waals surface area (Å²) in [6, 6.07) is 0. The van der Waals surface area contributed by atoms with E-state index in [1.807, 2.05) is 0 Å². The Balaban J connectivity index is 2.11. The van der Waals surface area contributed by atoms with Gasteiger partial charge in [-0.15, -0.1) is 0 Å². The van der Waals surface area contributed by atoms with Crippen molar-refractivity contribution in [1.29, 1.82) is 0 Å². The van der Waals surface area contributed by atoms with Gasteiger partial charge in [-0.3, -0.25) is 9.59 Å². The molecule has 0 aromatic carbocycles. The first-order valence-corrected chi connectivity index (χ1v) is 4.52. The lowest BCUT2D eigenvalue weighted by atomic mass is 9.73. The molecule has 2 heterocycles. The van der Waals surface area contributed by atoms with Gasteiger partial charge in [0, 0.05) is 13.2 Å². The van der Waals surface area contributed by atoms with Gasteiger partial charge in [0.25, 0.3) is 0 Å². The maximum absolute atomic E-state index is 11.1. The molecule has 0 radical (unpaired) electrons. The molecule has 0 atom stereocenters. The van der Waals surface area contributed by atoms with Gasteiger partial charge >= 0.3 is 11.9 Å². The van der Waals surface area contributed by atoms with E-state index >= 15 is 0 Å². The first-order chi connectivity index (χ1) is 6.20. The summed E-state index contributed by atoms with van der Waals surface area (Å²) >= 11 is 0. The Morgan fingerprint density at radius 1 is 1.00 bits per heavy atom. The molecule has 13 heavy (non-hydrogen) atoms. The second-order valence-electron chi connectivity index (χ2n) is 3.81. The highest BCUT2D eigenvalue weighted by atomic mass is 16.6. The molecular formula is C9H12O4. The van der Waals surface area contributed by atoms with Crippen LogP contribution in [0.2, 0.25) is 0 Å². The normalized spacial score (nSPS) is 27.4. The Labute approximate surface area is 76.2 Å². The van der Waals surface area contributed by atoms with Crippen LogP contribution in [0.25, 0.3) is 0 Å². The van der Waals surface area contributed by atoms with E-state index in [4.69, 9.17) is 4.74 Å². The number of cyclic esters (lactones) is 2. The van der Waals surface area contributed by atoms with Gasteiger partial charge < -0.3 is 9.47 Å². The Bertz CT molecular complexity index is 222. The first-order valence-electron chi connectivity index (χ1n) is 4.52. The summed E-state index contributed by atoms with van der Waals surface area (Å²) in [5, 5.41) is 0. The van der Waals surface area contributed by atoms with E-state index in [1.165, 1.54) is 0 Å². The number of esters is 2. The number of carbonyl (C=O) groups is 2. The first kappa shape index (κ1) is 8.69. The fourth-order valence-corrected chi connectivity index (χ4v) is 2.03. The predicted octanol–water partition coefficient (Wildman–Crippen LogP) is 0.647. The maximum Gasteiger partial charge on any atom is 0.314 e. The molecule has 72 valence electrons. The van der Waals surface area contributed by atoms with E-state index < -0.39 is 0 Å². The van der Waals surface area contributed by atoms with Crippen molar-refractivity contribution < 1.29 is 19.1 Å². The van der Waals surface area contributed by atoms with Gasteiger partial charge in [0.05, 0.1) is 12.8 Å². The van der Waals surface area contributed by atoms with Crippen LogP contribution >= 0.6 is 0 Å². The summed E-state index contributed by atoms with van der Waals surface area (Å²) in [4.78, 5) is 22.1. The minimum atomic E-state index is -0.377. The Kier molecular flexibility index (Phi) is 2.07. The second-order valence-corrected chi connectivity index (χ2v) is 3.81. The van der Waals surface area contributed by atoms with Crippen LogP contribution in [0.15, 0.2) is 0 Å². The van der Waals surface area contributed by atoms with Gasteiger partial charge in [0.2, 0.25) is 0 Å². The summed E-state index contributed by atoms with van der Waals surface area (Å²) in [5.74, 6) is -0.753. The molecule has 0 saturated carbocycles. The molecular weight excluding hydrogens is 172 g/mol. The summed E-state index contributed by atoms with van der Waals surface area (Å²) in [6.07, 6.45) is 2.35. The fourth-order valence-electron chi connectivity index (χ4n) is 2.03. The quantitative estimate of drug-likeness (QED) is 0.409. The van der Waals surface area contributed by atoms with Crippen LogP contribution in [0.1, 0.15) is 25.7 Å². The van der Waals surface area contributed by atoms with Crippen molar-refractivity contribution in [1.82, 2.24) is 0 Å². The van der Waals surface area contributed by atoms with Crippen LogP contribution < -0.4 is 0 Å². The molecule has 0 bridgehead atoms. The molecule has 0 N–H and O–H groups in total. The van der Waals surface area contributed by atoms with Crippen LogP contribution in [0, 0.1) is 5.41 Å². The van der Waals surface area contributed by atoms with Gasteiger partial charge in [-0.25, -0.2) is 0 Å². The number of hydrogen-bond acceptors (Lipinski definition) is 4. The molecule has 0 unspecified atom stereocenters. The molecule has 0 amide bonds. The second kappa shape index (κ2) is 3.10. The maximum atomic E-state index is 11.1. The van der Waals surface area contributed by atoms with Crippen molar-refractivity contribution in [3.63, 3.8) is 0 Å². The van der Waals surface area contributed by atoms with Crippen molar-refractivity contribution in [2.75, 3.05) is 13.2 Å². The lowest BCUT2D eigenvalue weighted by Crippen LogP contribution is -2.39.